The lowest BCUT2D eigenvalue weighted by atomic mass is 9.94. The molecule has 0 saturated heterocycles. The van der Waals surface area contributed by atoms with Crippen molar-refractivity contribution in [3.8, 4) is 5.75 Å². The van der Waals surface area contributed by atoms with Gasteiger partial charge in [0.05, 0.1) is 0 Å². The Morgan fingerprint density at radius 1 is 1.27 bits per heavy atom. The van der Waals surface area contributed by atoms with Crippen LogP contribution in [0.3, 0.4) is 0 Å². The van der Waals surface area contributed by atoms with E-state index in [1.54, 1.807) is 25.9 Å². The number of halogens is 3. The third-order valence-electron chi connectivity index (χ3n) is 3.61. The molecule has 0 saturated carbocycles. The number of nitrogens with zero attached hydrogens (tertiary/aromatic N) is 2. The zero-order valence-corrected chi connectivity index (χ0v) is 14.4. The lowest BCUT2D eigenvalue weighted by Crippen LogP contribution is -2.21. The number of hydrogen-bond acceptors (Lipinski definition) is 5. The number of aromatic amines is 1. The minimum atomic E-state index is -4.75. The fourth-order valence-corrected chi connectivity index (χ4v) is 2.30. The van der Waals surface area contributed by atoms with Gasteiger partial charge in [-0.25, -0.2) is 4.98 Å². The van der Waals surface area contributed by atoms with E-state index < -0.39 is 11.9 Å². The molecule has 0 fully saturated rings. The molecule has 0 spiro atoms. The van der Waals surface area contributed by atoms with Crippen LogP contribution in [0.1, 0.15) is 35.3 Å². The van der Waals surface area contributed by atoms with Crippen molar-refractivity contribution in [1.29, 1.82) is 0 Å². The second-order valence-corrected chi connectivity index (χ2v) is 5.99. The second kappa shape index (κ2) is 7.59. The number of Topliss-reactive ketones (excluding diaryl/α,β-unsaturated/α-hetero) is 1. The summed E-state index contributed by atoms with van der Waals surface area (Å²) in [5, 5.41) is 0. The number of hydrogen-bond donors (Lipinski definition) is 1. The highest BCUT2D eigenvalue weighted by molar-refractivity contribution is 5.94. The molecule has 0 aliphatic heterocycles. The molecule has 140 valence electrons. The van der Waals surface area contributed by atoms with Crippen molar-refractivity contribution in [2.24, 2.45) is 0 Å². The fraction of sp³-hybridized carbons (Fsp3) is 0.353. The van der Waals surface area contributed by atoms with E-state index in [1.165, 1.54) is 24.3 Å². The molecule has 9 heteroatoms. The first kappa shape index (κ1) is 19.5. The first-order valence-electron chi connectivity index (χ1n) is 7.73. The number of carbonyl (C=O) groups excluding carboxylic acids is 1. The van der Waals surface area contributed by atoms with Crippen molar-refractivity contribution in [2.75, 3.05) is 19.0 Å². The molecule has 1 aromatic carbocycles. The van der Waals surface area contributed by atoms with Crippen molar-refractivity contribution >= 4 is 11.7 Å². The van der Waals surface area contributed by atoms with Crippen LogP contribution in [0.25, 0.3) is 0 Å². The molecule has 0 radical (unpaired) electrons. The van der Waals surface area contributed by atoms with Crippen LogP contribution in [0.15, 0.2) is 35.1 Å². The highest BCUT2D eigenvalue weighted by Gasteiger charge is 2.31. The molecule has 0 unspecified atom stereocenters. The molecule has 0 aliphatic rings. The van der Waals surface area contributed by atoms with E-state index in [9.17, 15) is 22.8 Å². The molecule has 0 bridgehead atoms. The van der Waals surface area contributed by atoms with Gasteiger partial charge in [0.25, 0.3) is 5.56 Å². The smallest absolute Gasteiger partial charge is 0.406 e. The molecule has 0 amide bonds. The number of H-pyrrole nitrogens is 1. The molecule has 0 aliphatic carbocycles. The number of ketones is 1. The van der Waals surface area contributed by atoms with Gasteiger partial charge < -0.3 is 9.64 Å². The highest BCUT2D eigenvalue weighted by atomic mass is 19.4. The SMILES string of the molecule is C[C@@H](CC(=O)c1cc(=O)[nH]c(N(C)C)n1)c1ccc(OC(F)(F)F)cc1. The summed E-state index contributed by atoms with van der Waals surface area (Å²) in [6.07, 6.45) is -4.69. The van der Waals surface area contributed by atoms with E-state index in [4.69, 9.17) is 0 Å². The number of nitrogens with one attached hydrogen (secondary N) is 1. The Balaban J connectivity index is 2.11. The first-order chi connectivity index (χ1) is 12.0. The van der Waals surface area contributed by atoms with E-state index >= 15 is 0 Å². The van der Waals surface area contributed by atoms with Crippen molar-refractivity contribution < 1.29 is 22.7 Å². The first-order valence-corrected chi connectivity index (χ1v) is 7.73. The summed E-state index contributed by atoms with van der Waals surface area (Å²) in [5.41, 5.74) is 0.278. The highest BCUT2D eigenvalue weighted by Crippen LogP contribution is 2.26. The zero-order valence-electron chi connectivity index (χ0n) is 14.4. The maximum absolute atomic E-state index is 12.4. The molecule has 1 aromatic heterocycles. The Bertz CT molecular complexity index is 830. The van der Waals surface area contributed by atoms with Gasteiger partial charge in [0.2, 0.25) is 5.95 Å². The molecular formula is C17H18F3N3O3. The lowest BCUT2D eigenvalue weighted by molar-refractivity contribution is -0.274. The number of rotatable bonds is 6. The predicted octanol–water partition coefficient (Wildman–Crippen LogP) is 3.11. The van der Waals surface area contributed by atoms with Gasteiger partial charge in [-0.05, 0) is 23.6 Å². The van der Waals surface area contributed by atoms with Crippen molar-refractivity contribution in [3.63, 3.8) is 0 Å². The van der Waals surface area contributed by atoms with Crippen molar-refractivity contribution in [2.45, 2.75) is 25.6 Å². The molecule has 1 heterocycles. The van der Waals surface area contributed by atoms with Crippen molar-refractivity contribution in [3.05, 3.63) is 51.9 Å². The third-order valence-corrected chi connectivity index (χ3v) is 3.61. The van der Waals surface area contributed by atoms with Gasteiger partial charge in [-0.2, -0.15) is 0 Å². The van der Waals surface area contributed by atoms with Gasteiger partial charge in [0.15, 0.2) is 5.78 Å². The van der Waals surface area contributed by atoms with Crippen LogP contribution in [0.4, 0.5) is 19.1 Å². The Kier molecular flexibility index (Phi) is 5.69. The van der Waals surface area contributed by atoms with Gasteiger partial charge >= 0.3 is 6.36 Å². The van der Waals surface area contributed by atoms with Crippen LogP contribution in [0.2, 0.25) is 0 Å². The topological polar surface area (TPSA) is 75.3 Å². The number of carbonyl (C=O) groups is 1. The van der Waals surface area contributed by atoms with Crippen LogP contribution in [0.5, 0.6) is 5.75 Å². The number of alkyl halides is 3. The average molecular weight is 369 g/mol. The standard InChI is InChI=1S/C17H18F3N3O3/c1-10(11-4-6-12(7-5-11)26-17(18,19)20)8-14(24)13-9-15(25)22-16(21-13)23(2)3/h4-7,9-10H,8H2,1-3H3,(H,21,22,25)/t10-/m0/s1. The lowest BCUT2D eigenvalue weighted by Gasteiger charge is -2.14. The maximum Gasteiger partial charge on any atom is 0.573 e. The van der Waals surface area contributed by atoms with Crippen molar-refractivity contribution in [1.82, 2.24) is 9.97 Å². The monoisotopic (exact) mass is 369 g/mol. The van der Waals surface area contributed by atoms with E-state index in [0.717, 1.165) is 6.07 Å². The Morgan fingerprint density at radius 2 is 1.88 bits per heavy atom. The number of aromatic nitrogens is 2. The second-order valence-electron chi connectivity index (χ2n) is 5.99. The minimum absolute atomic E-state index is 0.0429. The van der Waals surface area contributed by atoms with E-state index in [2.05, 4.69) is 14.7 Å². The van der Waals surface area contributed by atoms with Gasteiger partial charge in [-0.1, -0.05) is 19.1 Å². The van der Waals surface area contributed by atoms with E-state index in [0.29, 0.717) is 5.56 Å². The summed E-state index contributed by atoms with van der Waals surface area (Å²) in [7, 11) is 3.36. The number of anilines is 1. The van der Waals surface area contributed by atoms with Gasteiger partial charge in [0.1, 0.15) is 11.4 Å². The quantitative estimate of drug-likeness (QED) is 0.792. The summed E-state index contributed by atoms with van der Waals surface area (Å²) < 4.78 is 40.3. The maximum atomic E-state index is 12.4. The normalized spacial score (nSPS) is 12.5. The molecule has 2 aromatic rings. The molecule has 1 N–H and O–H groups in total. The summed E-state index contributed by atoms with van der Waals surface area (Å²) >= 11 is 0. The van der Waals surface area contributed by atoms with Gasteiger partial charge in [0, 0.05) is 26.6 Å². The molecule has 2 rings (SSSR count). The largest absolute Gasteiger partial charge is 0.573 e. The van der Waals surface area contributed by atoms with Gasteiger partial charge in [-0.15, -0.1) is 13.2 Å². The third kappa shape index (κ3) is 5.33. The van der Waals surface area contributed by atoms with Gasteiger partial charge in [-0.3, -0.25) is 14.6 Å². The van der Waals surface area contributed by atoms with E-state index in [1.807, 2.05) is 0 Å². The Hall–Kier alpha value is -2.84. The zero-order chi connectivity index (χ0) is 19.5. The van der Waals surface area contributed by atoms with Crippen LogP contribution in [-0.2, 0) is 0 Å². The molecular weight excluding hydrogens is 351 g/mol. The summed E-state index contributed by atoms with van der Waals surface area (Å²) in [6.45, 7) is 1.76. The van der Waals surface area contributed by atoms with Crippen LogP contribution < -0.4 is 15.2 Å². The summed E-state index contributed by atoms with van der Waals surface area (Å²) in [6, 6.07) is 6.45. The molecule has 26 heavy (non-hydrogen) atoms. The molecule has 6 nitrogen and oxygen atoms in total. The van der Waals surface area contributed by atoms with Crippen LogP contribution in [0, 0.1) is 0 Å². The summed E-state index contributed by atoms with van der Waals surface area (Å²) in [5.74, 6) is -0.664. The Morgan fingerprint density at radius 3 is 2.42 bits per heavy atom. The number of benzene rings is 1. The van der Waals surface area contributed by atoms with Crippen LogP contribution in [-0.4, -0.2) is 36.2 Å². The van der Waals surface area contributed by atoms with E-state index in [-0.39, 0.29) is 35.5 Å². The Labute approximate surface area is 147 Å². The predicted molar refractivity (Wildman–Crippen MR) is 89.7 cm³/mol. The average Bonchev–Trinajstić information content (AvgIpc) is 2.53. The number of ether oxygens (including phenoxy) is 1. The minimum Gasteiger partial charge on any atom is -0.406 e. The van der Waals surface area contributed by atoms with Crippen LogP contribution >= 0.6 is 0 Å². The molecule has 1 atom stereocenters. The fourth-order valence-electron chi connectivity index (χ4n) is 2.30. The summed E-state index contributed by atoms with van der Waals surface area (Å²) in [4.78, 5) is 32.2.